The number of imide groups is 1. The number of carbonyl (C=O) groups excluding carboxylic acids is 3. The highest BCUT2D eigenvalue weighted by atomic mass is 16.5. The van der Waals surface area contributed by atoms with Gasteiger partial charge in [-0.1, -0.05) is 68.3 Å². The Kier molecular flexibility index (Phi) is 4.69. The molecule has 30 heavy (non-hydrogen) atoms. The van der Waals surface area contributed by atoms with Crippen molar-refractivity contribution in [2.24, 2.45) is 11.8 Å². The number of likely N-dealkylation sites (tertiary alicyclic amines) is 1. The highest BCUT2D eigenvalue weighted by Crippen LogP contribution is 2.60. The summed E-state index contributed by atoms with van der Waals surface area (Å²) in [6, 6.07) is 16.2. The summed E-state index contributed by atoms with van der Waals surface area (Å²) in [7, 11) is 0. The van der Waals surface area contributed by atoms with Gasteiger partial charge >= 0.3 is 5.97 Å². The summed E-state index contributed by atoms with van der Waals surface area (Å²) in [6.45, 7) is 2.12. The second-order valence-electron chi connectivity index (χ2n) is 8.45. The summed E-state index contributed by atoms with van der Waals surface area (Å²) in [5.74, 6) is -2.16. The monoisotopic (exact) mass is 403 g/mol. The molecule has 6 rings (SSSR count). The molecule has 1 heterocycles. The van der Waals surface area contributed by atoms with Gasteiger partial charge in [-0.3, -0.25) is 19.3 Å². The molecule has 0 spiro atoms. The van der Waals surface area contributed by atoms with Crippen LogP contribution in [-0.2, 0) is 19.1 Å². The number of ether oxygens (including phenoxy) is 1. The number of benzene rings is 2. The summed E-state index contributed by atoms with van der Waals surface area (Å²) in [4.78, 5) is 40.2. The zero-order valence-corrected chi connectivity index (χ0v) is 17.0. The van der Waals surface area contributed by atoms with E-state index in [-0.39, 0.29) is 30.2 Å². The van der Waals surface area contributed by atoms with Crippen molar-refractivity contribution in [3.05, 3.63) is 70.8 Å². The molecule has 1 fully saturated rings. The molecular formula is C25H25NO4. The predicted molar refractivity (Wildman–Crippen MR) is 111 cm³/mol. The normalized spacial score (nSPS) is 25.7. The Morgan fingerprint density at radius 3 is 1.73 bits per heavy atom. The van der Waals surface area contributed by atoms with E-state index >= 15 is 0 Å². The topological polar surface area (TPSA) is 63.7 Å². The third kappa shape index (κ3) is 2.72. The van der Waals surface area contributed by atoms with Crippen LogP contribution in [0.2, 0.25) is 0 Å². The highest BCUT2D eigenvalue weighted by molar-refractivity contribution is 6.09. The summed E-state index contributed by atoms with van der Waals surface area (Å²) < 4.78 is 5.26. The van der Waals surface area contributed by atoms with Gasteiger partial charge in [0.05, 0.1) is 18.4 Å². The first-order chi connectivity index (χ1) is 14.6. The molecule has 1 saturated heterocycles. The molecule has 4 aliphatic rings. The van der Waals surface area contributed by atoms with Crippen LogP contribution in [0, 0.1) is 11.8 Å². The highest BCUT2D eigenvalue weighted by Gasteiger charge is 2.61. The summed E-state index contributed by atoms with van der Waals surface area (Å²) in [6.07, 6.45) is 2.82. The van der Waals surface area contributed by atoms with Gasteiger partial charge in [-0.25, -0.2) is 0 Å². The van der Waals surface area contributed by atoms with Crippen molar-refractivity contribution in [2.45, 2.75) is 38.0 Å². The molecule has 5 nitrogen and oxygen atoms in total. The molecule has 2 aromatic carbocycles. The fraction of sp³-hybridized carbons (Fsp3) is 0.400. The van der Waals surface area contributed by atoms with E-state index in [1.807, 2.05) is 24.3 Å². The Bertz CT molecular complexity index is 914. The van der Waals surface area contributed by atoms with Crippen LogP contribution >= 0.6 is 0 Å². The third-order valence-electron chi connectivity index (χ3n) is 6.84. The van der Waals surface area contributed by atoms with Crippen molar-refractivity contribution in [1.82, 2.24) is 4.90 Å². The molecule has 0 radical (unpaired) electrons. The molecule has 3 aliphatic carbocycles. The van der Waals surface area contributed by atoms with Crippen LogP contribution in [-0.4, -0.2) is 35.8 Å². The van der Waals surface area contributed by atoms with Gasteiger partial charge in [0.1, 0.15) is 6.54 Å². The molecule has 0 unspecified atom stereocenters. The van der Waals surface area contributed by atoms with Crippen LogP contribution in [0.5, 0.6) is 0 Å². The van der Waals surface area contributed by atoms with E-state index in [0.717, 1.165) is 46.4 Å². The number of rotatable bonds is 6. The molecule has 0 N–H and O–H groups in total. The molecule has 2 atom stereocenters. The Morgan fingerprint density at radius 2 is 1.30 bits per heavy atom. The van der Waals surface area contributed by atoms with Crippen LogP contribution in [0.3, 0.4) is 0 Å². The third-order valence-corrected chi connectivity index (χ3v) is 6.84. The number of nitrogens with zero attached hydrogens (tertiary/aromatic N) is 1. The lowest BCUT2D eigenvalue weighted by Crippen LogP contribution is -2.41. The van der Waals surface area contributed by atoms with E-state index in [4.69, 9.17) is 4.74 Å². The summed E-state index contributed by atoms with van der Waals surface area (Å²) in [5, 5.41) is 0. The van der Waals surface area contributed by atoms with Gasteiger partial charge in [0, 0.05) is 11.8 Å². The van der Waals surface area contributed by atoms with Crippen LogP contribution in [0.4, 0.5) is 0 Å². The van der Waals surface area contributed by atoms with Crippen molar-refractivity contribution < 1.29 is 19.1 Å². The van der Waals surface area contributed by atoms with Gasteiger partial charge in [0.15, 0.2) is 0 Å². The average molecular weight is 403 g/mol. The van der Waals surface area contributed by atoms with Crippen molar-refractivity contribution >= 4 is 17.8 Å². The van der Waals surface area contributed by atoms with Crippen LogP contribution < -0.4 is 0 Å². The lowest BCUT2D eigenvalue weighted by molar-refractivity contribution is -0.153. The summed E-state index contributed by atoms with van der Waals surface area (Å²) in [5.41, 5.74) is 4.53. The van der Waals surface area contributed by atoms with E-state index in [1.54, 1.807) is 0 Å². The lowest BCUT2D eigenvalue weighted by Gasteiger charge is -2.45. The standard InChI is InChI=1S/C25H25NO4/c1-2-3-8-13-30-19(27)14-26-24(28)22-20-15-9-4-5-10-16(15)21(23(22)25(26)29)18-12-7-6-11-17(18)20/h4-7,9-12,20-23H,2-3,8,13-14H2,1H3/t20?,21?,22-,23-/m1/s1. The maximum Gasteiger partial charge on any atom is 0.326 e. The van der Waals surface area contributed by atoms with Crippen molar-refractivity contribution in [3.63, 3.8) is 0 Å². The number of hydrogen-bond donors (Lipinski definition) is 0. The smallest absolute Gasteiger partial charge is 0.326 e. The second kappa shape index (κ2) is 7.38. The van der Waals surface area contributed by atoms with Gasteiger partial charge in [0.25, 0.3) is 0 Å². The van der Waals surface area contributed by atoms with Crippen molar-refractivity contribution in [1.29, 1.82) is 0 Å². The minimum Gasteiger partial charge on any atom is -0.464 e. The number of carbonyl (C=O) groups is 3. The fourth-order valence-corrected chi connectivity index (χ4v) is 5.61. The van der Waals surface area contributed by atoms with E-state index in [2.05, 4.69) is 31.2 Å². The van der Waals surface area contributed by atoms with Gasteiger partial charge in [0.2, 0.25) is 11.8 Å². The minimum absolute atomic E-state index is 0.144. The number of amides is 2. The average Bonchev–Trinajstić information content (AvgIpc) is 3.02. The van der Waals surface area contributed by atoms with Crippen molar-refractivity contribution in [3.8, 4) is 0 Å². The Labute approximate surface area is 176 Å². The Hall–Kier alpha value is -2.95. The van der Waals surface area contributed by atoms with Crippen LogP contribution in [0.25, 0.3) is 0 Å². The molecule has 2 aromatic rings. The van der Waals surface area contributed by atoms with Crippen LogP contribution in [0.1, 0.15) is 60.3 Å². The fourth-order valence-electron chi connectivity index (χ4n) is 5.61. The van der Waals surface area contributed by atoms with E-state index in [1.165, 1.54) is 0 Å². The molecule has 154 valence electrons. The van der Waals surface area contributed by atoms with Gasteiger partial charge in [-0.05, 0) is 28.7 Å². The molecular weight excluding hydrogens is 378 g/mol. The lowest BCUT2D eigenvalue weighted by atomic mass is 9.55. The van der Waals surface area contributed by atoms with E-state index < -0.39 is 17.8 Å². The van der Waals surface area contributed by atoms with Gasteiger partial charge < -0.3 is 4.74 Å². The SMILES string of the molecule is CCCCCOC(=O)CN1C(=O)[C@@H]2C3c4ccccc4C(c4ccccc43)[C@H]2C1=O. The number of esters is 1. The first-order valence-corrected chi connectivity index (χ1v) is 10.8. The molecule has 2 amide bonds. The molecule has 2 bridgehead atoms. The molecule has 0 aromatic heterocycles. The zero-order valence-electron chi connectivity index (χ0n) is 17.0. The number of unbranched alkanes of at least 4 members (excludes halogenated alkanes) is 2. The van der Waals surface area contributed by atoms with Gasteiger partial charge in [-0.15, -0.1) is 0 Å². The van der Waals surface area contributed by atoms with Gasteiger partial charge in [-0.2, -0.15) is 0 Å². The second-order valence-corrected chi connectivity index (χ2v) is 8.45. The largest absolute Gasteiger partial charge is 0.464 e. The van der Waals surface area contributed by atoms with Crippen molar-refractivity contribution in [2.75, 3.05) is 13.2 Å². The number of hydrogen-bond acceptors (Lipinski definition) is 4. The quantitative estimate of drug-likeness (QED) is 0.420. The maximum atomic E-state index is 13.4. The maximum absolute atomic E-state index is 13.4. The minimum atomic E-state index is -0.506. The first-order valence-electron chi connectivity index (χ1n) is 10.8. The zero-order chi connectivity index (χ0) is 20.8. The Balaban J connectivity index is 1.46. The molecule has 5 heteroatoms. The molecule has 1 aliphatic heterocycles. The van der Waals surface area contributed by atoms with Crippen LogP contribution in [0.15, 0.2) is 48.5 Å². The Morgan fingerprint density at radius 1 is 0.833 bits per heavy atom. The first kappa shape index (κ1) is 19.0. The van der Waals surface area contributed by atoms with E-state index in [0.29, 0.717) is 6.61 Å². The predicted octanol–water partition coefficient (Wildman–Crippen LogP) is 3.61. The van der Waals surface area contributed by atoms with E-state index in [9.17, 15) is 14.4 Å². The summed E-state index contributed by atoms with van der Waals surface area (Å²) >= 11 is 0. The molecule has 0 saturated carbocycles.